The van der Waals surface area contributed by atoms with Crippen LogP contribution in [0.25, 0.3) is 0 Å². The van der Waals surface area contributed by atoms with Gasteiger partial charge in [-0.3, -0.25) is 0 Å². The molecule has 24 heavy (non-hydrogen) atoms. The van der Waals surface area contributed by atoms with E-state index in [1.54, 1.807) is 0 Å². The number of nitrogens with one attached hydrogen (secondary N) is 2. The number of carbonyl (C=O) groups is 1. The molecule has 1 amide bonds. The average Bonchev–Trinajstić information content (AvgIpc) is 2.90. The first-order chi connectivity index (χ1) is 10.8. The molecule has 1 aliphatic heterocycles. The van der Waals surface area contributed by atoms with Crippen LogP contribution < -0.4 is 10.6 Å². The summed E-state index contributed by atoms with van der Waals surface area (Å²) in [5.74, 6) is 1.87. The molecular weight excluding hydrogens is 320 g/mol. The lowest BCUT2D eigenvalue weighted by Crippen LogP contribution is -2.45. The SMILES string of the molecule is CC(C)(C)OC(=O)NC[C@@H]1[C@H]2CN[C@H](CO[Si](C)(C)C(C)(C)C)[C@@H]12. The molecule has 0 radical (unpaired) electrons. The van der Waals surface area contributed by atoms with Crippen molar-refractivity contribution < 1.29 is 14.0 Å². The van der Waals surface area contributed by atoms with Crippen molar-refractivity contribution in [3.63, 3.8) is 0 Å². The molecular formula is C18H36N2O3Si. The highest BCUT2D eigenvalue weighted by atomic mass is 28.4. The summed E-state index contributed by atoms with van der Waals surface area (Å²) < 4.78 is 11.7. The van der Waals surface area contributed by atoms with Gasteiger partial charge in [0.15, 0.2) is 8.32 Å². The maximum absolute atomic E-state index is 11.8. The Kier molecular flexibility index (Phi) is 5.44. The van der Waals surface area contributed by atoms with Gasteiger partial charge in [0, 0.05) is 19.2 Å². The van der Waals surface area contributed by atoms with E-state index in [2.05, 4.69) is 44.5 Å². The second-order valence-corrected chi connectivity index (χ2v) is 14.7. The second-order valence-electron chi connectivity index (χ2n) is 9.87. The molecule has 2 aliphatic rings. The van der Waals surface area contributed by atoms with Crippen LogP contribution in [-0.2, 0) is 9.16 Å². The fourth-order valence-electron chi connectivity index (χ4n) is 3.27. The third-order valence-electron chi connectivity index (χ3n) is 5.79. The number of piperidine rings is 1. The molecule has 0 aromatic rings. The Morgan fingerprint density at radius 1 is 1.21 bits per heavy atom. The maximum Gasteiger partial charge on any atom is 0.407 e. The molecule has 0 aromatic carbocycles. The number of rotatable bonds is 5. The van der Waals surface area contributed by atoms with Crippen LogP contribution >= 0.6 is 0 Å². The maximum atomic E-state index is 11.8. The Morgan fingerprint density at radius 2 is 1.83 bits per heavy atom. The van der Waals surface area contributed by atoms with E-state index < -0.39 is 13.9 Å². The van der Waals surface area contributed by atoms with Crippen LogP contribution in [0.4, 0.5) is 4.79 Å². The molecule has 0 unspecified atom stereocenters. The van der Waals surface area contributed by atoms with Crippen molar-refractivity contribution in [3.05, 3.63) is 0 Å². The van der Waals surface area contributed by atoms with Gasteiger partial charge in [-0.15, -0.1) is 0 Å². The van der Waals surface area contributed by atoms with Crippen molar-refractivity contribution in [1.29, 1.82) is 0 Å². The third kappa shape index (κ3) is 4.73. The lowest BCUT2D eigenvalue weighted by atomic mass is 10.2. The standard InChI is InChI=1S/C18H36N2O3Si/c1-17(2,3)23-16(21)20-10-13-12-9-19-14(15(12)13)11-22-24(7,8)18(4,5)6/h12-15,19H,9-11H2,1-8H3,(H,20,21)/t12-,13-,14-,15-/m1/s1. The van der Waals surface area contributed by atoms with Crippen LogP contribution in [0.15, 0.2) is 0 Å². The lowest BCUT2D eigenvalue weighted by molar-refractivity contribution is 0.0523. The highest BCUT2D eigenvalue weighted by Crippen LogP contribution is 2.52. The number of carbonyl (C=O) groups excluding carboxylic acids is 1. The minimum atomic E-state index is -1.70. The summed E-state index contributed by atoms with van der Waals surface area (Å²) in [7, 11) is -1.70. The monoisotopic (exact) mass is 356 g/mol. The third-order valence-corrected chi connectivity index (χ3v) is 10.3. The van der Waals surface area contributed by atoms with E-state index in [1.165, 1.54) is 0 Å². The Morgan fingerprint density at radius 3 is 2.38 bits per heavy atom. The smallest absolute Gasteiger partial charge is 0.407 e. The van der Waals surface area contributed by atoms with Gasteiger partial charge in [-0.05, 0) is 63.2 Å². The van der Waals surface area contributed by atoms with E-state index >= 15 is 0 Å². The van der Waals surface area contributed by atoms with Gasteiger partial charge in [-0.1, -0.05) is 20.8 Å². The molecule has 0 spiro atoms. The minimum Gasteiger partial charge on any atom is -0.444 e. The molecule has 2 N–H and O–H groups in total. The quantitative estimate of drug-likeness (QED) is 0.742. The van der Waals surface area contributed by atoms with Crippen LogP contribution in [0.3, 0.4) is 0 Å². The Hall–Kier alpha value is -0.593. The van der Waals surface area contributed by atoms with Crippen molar-refractivity contribution in [2.45, 2.75) is 71.3 Å². The van der Waals surface area contributed by atoms with E-state index in [4.69, 9.17) is 9.16 Å². The molecule has 5 nitrogen and oxygen atoms in total. The zero-order chi connectivity index (χ0) is 18.3. The van der Waals surface area contributed by atoms with Gasteiger partial charge >= 0.3 is 6.09 Å². The molecule has 2 rings (SSSR count). The fourth-order valence-corrected chi connectivity index (χ4v) is 4.30. The van der Waals surface area contributed by atoms with E-state index in [0.717, 1.165) is 13.2 Å². The van der Waals surface area contributed by atoms with Crippen molar-refractivity contribution in [2.24, 2.45) is 17.8 Å². The van der Waals surface area contributed by atoms with Gasteiger partial charge in [0.05, 0.1) is 0 Å². The Balaban J connectivity index is 1.75. The van der Waals surface area contributed by atoms with Crippen LogP contribution in [0.2, 0.25) is 18.1 Å². The van der Waals surface area contributed by atoms with Crippen molar-refractivity contribution in [2.75, 3.05) is 19.7 Å². The predicted octanol–water partition coefficient (Wildman–Crippen LogP) is 3.37. The molecule has 1 saturated heterocycles. The Bertz CT molecular complexity index is 468. The summed E-state index contributed by atoms with van der Waals surface area (Å²) in [6, 6.07) is 0.426. The van der Waals surface area contributed by atoms with Crippen molar-refractivity contribution in [3.8, 4) is 0 Å². The molecule has 1 aliphatic carbocycles. The summed E-state index contributed by atoms with van der Waals surface area (Å²) in [5, 5.41) is 6.76. The number of ether oxygens (including phenoxy) is 1. The highest BCUT2D eigenvalue weighted by molar-refractivity contribution is 6.74. The molecule has 4 atom stereocenters. The van der Waals surface area contributed by atoms with Crippen molar-refractivity contribution >= 4 is 14.4 Å². The lowest BCUT2D eigenvalue weighted by Gasteiger charge is -2.37. The van der Waals surface area contributed by atoms with Crippen LogP contribution in [0, 0.1) is 17.8 Å². The van der Waals surface area contributed by atoms with Gasteiger partial charge < -0.3 is 19.8 Å². The minimum absolute atomic E-state index is 0.242. The van der Waals surface area contributed by atoms with Gasteiger partial charge in [0.2, 0.25) is 0 Å². The molecule has 140 valence electrons. The zero-order valence-corrected chi connectivity index (χ0v) is 17.7. The zero-order valence-electron chi connectivity index (χ0n) is 16.7. The molecule has 2 fully saturated rings. The summed E-state index contributed by atoms with van der Waals surface area (Å²) in [4.78, 5) is 11.8. The van der Waals surface area contributed by atoms with Crippen molar-refractivity contribution in [1.82, 2.24) is 10.6 Å². The van der Waals surface area contributed by atoms with Crippen LogP contribution in [0.1, 0.15) is 41.5 Å². The second kappa shape index (κ2) is 6.61. The van der Waals surface area contributed by atoms with E-state index in [1.807, 2.05) is 20.8 Å². The normalized spacial score (nSPS) is 30.0. The predicted molar refractivity (Wildman–Crippen MR) is 99.6 cm³/mol. The van der Waals surface area contributed by atoms with Gasteiger partial charge in [-0.25, -0.2) is 4.79 Å². The van der Waals surface area contributed by atoms with Crippen LogP contribution in [0.5, 0.6) is 0 Å². The molecule has 0 aromatic heterocycles. The van der Waals surface area contributed by atoms with E-state index in [-0.39, 0.29) is 11.1 Å². The van der Waals surface area contributed by atoms with Gasteiger partial charge in [-0.2, -0.15) is 0 Å². The van der Waals surface area contributed by atoms with Gasteiger partial charge in [0.1, 0.15) is 5.60 Å². The fraction of sp³-hybridized carbons (Fsp3) is 0.944. The summed E-state index contributed by atoms with van der Waals surface area (Å²) in [6.07, 6.45) is -0.311. The molecule has 1 heterocycles. The summed E-state index contributed by atoms with van der Waals surface area (Å²) in [6.45, 7) is 19.6. The highest BCUT2D eigenvalue weighted by Gasteiger charge is 2.58. The average molecular weight is 357 g/mol. The Labute approximate surface area is 148 Å². The summed E-state index contributed by atoms with van der Waals surface area (Å²) >= 11 is 0. The number of hydrogen-bond donors (Lipinski definition) is 2. The first-order valence-corrected chi connectivity index (χ1v) is 12.1. The first kappa shape index (κ1) is 19.7. The van der Waals surface area contributed by atoms with E-state index in [0.29, 0.717) is 30.3 Å². The number of amides is 1. The number of hydrogen-bond acceptors (Lipinski definition) is 4. The number of fused-ring (bicyclic) bond motifs is 1. The summed E-state index contributed by atoms with van der Waals surface area (Å²) in [5.41, 5.74) is -0.440. The van der Waals surface area contributed by atoms with Gasteiger partial charge in [0.25, 0.3) is 0 Å². The number of alkyl carbamates (subject to hydrolysis) is 1. The first-order valence-electron chi connectivity index (χ1n) is 9.16. The molecule has 0 bridgehead atoms. The van der Waals surface area contributed by atoms with Crippen LogP contribution in [-0.4, -0.2) is 45.7 Å². The topological polar surface area (TPSA) is 59.6 Å². The largest absolute Gasteiger partial charge is 0.444 e. The molecule has 1 saturated carbocycles. The van der Waals surface area contributed by atoms with E-state index in [9.17, 15) is 4.79 Å². The molecule has 6 heteroatoms.